The molecule has 0 bridgehead atoms. The van der Waals surface area contributed by atoms with Crippen LogP contribution in [0.1, 0.15) is 61.8 Å². The van der Waals surface area contributed by atoms with E-state index in [0.29, 0.717) is 5.56 Å². The average molecular weight is 868 g/mol. The van der Waals surface area contributed by atoms with Crippen LogP contribution in [0.5, 0.6) is 0 Å². The van der Waals surface area contributed by atoms with Crippen LogP contribution in [0.2, 0.25) is 0 Å². The molecule has 0 N–H and O–H groups in total. The summed E-state index contributed by atoms with van der Waals surface area (Å²) in [4.78, 5) is 0. The molecular weight excluding hydrogens is 823 g/mol. The first kappa shape index (κ1) is 38.0. The van der Waals surface area contributed by atoms with Crippen LogP contribution >= 0.6 is 0 Å². The lowest BCUT2D eigenvalue weighted by molar-refractivity contribution is 0.553. The summed E-state index contributed by atoms with van der Waals surface area (Å²) in [6.45, 7) is 9.99. The Morgan fingerprint density at radius 2 is 1.21 bits per heavy atom. The van der Waals surface area contributed by atoms with Gasteiger partial charge in [0.05, 0.1) is 44.6 Å². The van der Waals surface area contributed by atoms with E-state index in [9.17, 15) is 5.26 Å². The number of aromatic nitrogens is 2. The second-order valence-electron chi connectivity index (χ2n) is 20.1. The van der Waals surface area contributed by atoms with Crippen LogP contribution in [0, 0.1) is 17.2 Å². The third-order valence-electron chi connectivity index (χ3n) is 16.8. The second kappa shape index (κ2) is 13.2. The number of para-hydroxylation sites is 1. The van der Waals surface area contributed by atoms with E-state index in [-0.39, 0.29) is 17.8 Å². The highest BCUT2D eigenvalue weighted by molar-refractivity contribution is 6.27. The highest BCUT2D eigenvalue weighted by Crippen LogP contribution is 2.65. The first-order valence-electron chi connectivity index (χ1n) is 24.2. The van der Waals surface area contributed by atoms with Crippen LogP contribution in [-0.4, -0.2) is 8.97 Å². The quantitative estimate of drug-likeness (QED) is 0.163. The Balaban J connectivity index is 1.02. The molecule has 9 aromatic carbocycles. The highest BCUT2D eigenvalue weighted by Gasteiger charge is 2.52. The van der Waals surface area contributed by atoms with Gasteiger partial charge in [0.25, 0.3) is 0 Å². The number of hydrogen-bond acceptors (Lipinski definition) is 1. The molecule has 1 aliphatic heterocycles. The maximum Gasteiger partial charge on any atom is 0.0991 e. The monoisotopic (exact) mass is 867 g/mol. The zero-order chi connectivity index (χ0) is 45.3. The molecule has 12 aromatic rings. The molecule has 3 aliphatic rings. The number of nitrogens with zero attached hydrogens (tertiary/aromatic N) is 3. The van der Waals surface area contributed by atoms with Crippen molar-refractivity contribution in [3.8, 4) is 39.4 Å². The lowest BCUT2D eigenvalue weighted by atomic mass is 9.57. The summed E-state index contributed by atoms with van der Waals surface area (Å²) >= 11 is 0. The molecule has 15 rings (SSSR count). The van der Waals surface area contributed by atoms with Crippen molar-refractivity contribution in [3.63, 3.8) is 0 Å². The van der Waals surface area contributed by atoms with Gasteiger partial charge < -0.3 is 8.97 Å². The number of rotatable bonds is 3. The van der Waals surface area contributed by atoms with Gasteiger partial charge in [0, 0.05) is 49.9 Å². The predicted octanol–water partition coefficient (Wildman–Crippen LogP) is 16.9. The van der Waals surface area contributed by atoms with Crippen molar-refractivity contribution in [2.75, 3.05) is 0 Å². The summed E-state index contributed by atoms with van der Waals surface area (Å²) in [5.74, 6) is 0.570. The average Bonchev–Trinajstić information content (AvgIpc) is 4.09. The summed E-state index contributed by atoms with van der Waals surface area (Å²) in [7, 11) is 0. The zero-order valence-electron chi connectivity index (χ0n) is 38.4. The smallest absolute Gasteiger partial charge is 0.0991 e. The molecule has 3 nitrogen and oxygen atoms in total. The number of hydrogen-bond donors (Lipinski definition) is 0. The second-order valence-corrected chi connectivity index (χ2v) is 20.1. The van der Waals surface area contributed by atoms with Gasteiger partial charge in [-0.05, 0) is 134 Å². The van der Waals surface area contributed by atoms with Gasteiger partial charge in [0.2, 0.25) is 0 Å². The largest absolute Gasteiger partial charge is 0.312 e. The van der Waals surface area contributed by atoms with Crippen LogP contribution in [0.25, 0.3) is 110 Å². The molecule has 0 saturated heterocycles. The van der Waals surface area contributed by atoms with E-state index >= 15 is 0 Å². The van der Waals surface area contributed by atoms with Crippen molar-refractivity contribution in [2.24, 2.45) is 5.92 Å². The maximum absolute atomic E-state index is 10.1. The van der Waals surface area contributed by atoms with Gasteiger partial charge in [-0.2, -0.15) is 5.26 Å². The van der Waals surface area contributed by atoms with Crippen LogP contribution in [0.3, 0.4) is 0 Å². The molecule has 0 radical (unpaired) electrons. The Hall–Kier alpha value is -8.19. The Labute approximate surface area is 394 Å². The van der Waals surface area contributed by atoms with Crippen molar-refractivity contribution >= 4 is 76.4 Å². The molecule has 0 saturated carbocycles. The fourth-order valence-electron chi connectivity index (χ4n) is 14.1. The van der Waals surface area contributed by atoms with Gasteiger partial charge in [-0.15, -0.1) is 0 Å². The predicted molar refractivity (Wildman–Crippen MR) is 284 cm³/mol. The highest BCUT2D eigenvalue weighted by atomic mass is 15.0. The van der Waals surface area contributed by atoms with Gasteiger partial charge in [-0.25, -0.2) is 0 Å². The molecule has 4 atom stereocenters. The summed E-state index contributed by atoms with van der Waals surface area (Å²) in [6, 6.07) is 67.6. The van der Waals surface area contributed by atoms with Crippen LogP contribution < -0.4 is 0 Å². The normalized spacial score (nSPS) is 19.7. The van der Waals surface area contributed by atoms with E-state index in [1.165, 1.54) is 115 Å². The SMILES string of the molecule is CC1C=C2n3c4ccc5ccccc5c4c4cc(-c5cccc(C#N)c5)cc(c43)C2(C)C2=C1C(C)c1ccc3c(c1C2C)c1cc(-c2ccccc2-c2ccccc2)cc2c4ccccc4n3c21. The Kier molecular flexibility index (Phi) is 7.40. The lowest BCUT2D eigenvalue weighted by Gasteiger charge is -2.47. The van der Waals surface area contributed by atoms with E-state index in [2.05, 4.69) is 213 Å². The van der Waals surface area contributed by atoms with Gasteiger partial charge in [-0.1, -0.05) is 154 Å². The topological polar surface area (TPSA) is 33.1 Å². The van der Waals surface area contributed by atoms with E-state index in [1.54, 1.807) is 11.1 Å². The molecule has 2 aliphatic carbocycles. The van der Waals surface area contributed by atoms with E-state index in [4.69, 9.17) is 0 Å². The molecule has 320 valence electrons. The van der Waals surface area contributed by atoms with Crippen LogP contribution in [0.15, 0.2) is 193 Å². The third-order valence-corrected chi connectivity index (χ3v) is 16.8. The summed E-state index contributed by atoms with van der Waals surface area (Å²) in [5.41, 5.74) is 22.6. The number of nitriles is 1. The first-order valence-corrected chi connectivity index (χ1v) is 24.2. The zero-order valence-corrected chi connectivity index (χ0v) is 38.4. The standard InChI is InChI=1S/C65H45N3/c1-36-29-57-65(4,53-34-43(42-19-14-15-39(30-42)35-66)31-51-60-48-22-9-8-18-41(48)25-27-55(60)68(57)64(51)53)62-38(3)59-45(37(2)58(36)62)26-28-56-61(59)52-33-44(32-50-49-23-12-13-24-54(49)67(56)63(50)52)47-21-11-10-20-46(47)40-16-6-5-7-17-40/h5-34,36-38H,1-4H3. The maximum atomic E-state index is 10.1. The summed E-state index contributed by atoms with van der Waals surface area (Å²) < 4.78 is 5.21. The Morgan fingerprint density at radius 3 is 2.04 bits per heavy atom. The van der Waals surface area contributed by atoms with Crippen molar-refractivity contribution in [1.29, 1.82) is 5.26 Å². The molecule has 0 fully saturated rings. The third kappa shape index (κ3) is 4.63. The van der Waals surface area contributed by atoms with Gasteiger partial charge in [-0.3, -0.25) is 0 Å². The minimum absolute atomic E-state index is 0.116. The van der Waals surface area contributed by atoms with E-state index < -0.39 is 5.41 Å². The fourth-order valence-corrected chi connectivity index (χ4v) is 14.1. The Morgan fingerprint density at radius 1 is 0.515 bits per heavy atom. The van der Waals surface area contributed by atoms with E-state index in [1.807, 2.05) is 12.1 Å². The first-order chi connectivity index (χ1) is 33.3. The molecular formula is C65H45N3. The van der Waals surface area contributed by atoms with Crippen molar-refractivity contribution < 1.29 is 0 Å². The number of allylic oxidation sites excluding steroid dienone is 4. The minimum atomic E-state index is -0.418. The molecule has 3 aromatic heterocycles. The lowest BCUT2D eigenvalue weighted by Crippen LogP contribution is -2.36. The van der Waals surface area contributed by atoms with E-state index in [0.717, 1.165) is 11.1 Å². The fraction of sp³-hybridized carbons (Fsp3) is 0.123. The molecule has 4 unspecified atom stereocenters. The minimum Gasteiger partial charge on any atom is -0.312 e. The van der Waals surface area contributed by atoms with Gasteiger partial charge in [0.15, 0.2) is 0 Å². The molecule has 3 heteroatoms. The van der Waals surface area contributed by atoms with Crippen molar-refractivity contribution in [3.05, 3.63) is 215 Å². The summed E-state index contributed by atoms with van der Waals surface area (Å²) in [6.07, 6.45) is 2.61. The van der Waals surface area contributed by atoms with Crippen LogP contribution in [-0.2, 0) is 5.41 Å². The Bertz CT molecular complexity index is 4340. The molecule has 4 heterocycles. The number of fused-ring (bicyclic) bond motifs is 17. The number of benzene rings is 9. The van der Waals surface area contributed by atoms with Crippen molar-refractivity contribution in [2.45, 2.75) is 44.9 Å². The van der Waals surface area contributed by atoms with Crippen LogP contribution in [0.4, 0.5) is 0 Å². The van der Waals surface area contributed by atoms with Crippen molar-refractivity contribution in [1.82, 2.24) is 8.97 Å². The van der Waals surface area contributed by atoms with Gasteiger partial charge in [0.1, 0.15) is 0 Å². The summed E-state index contributed by atoms with van der Waals surface area (Å²) in [5, 5.41) is 20.5. The molecule has 0 amide bonds. The molecule has 68 heavy (non-hydrogen) atoms. The van der Waals surface area contributed by atoms with Gasteiger partial charge >= 0.3 is 0 Å². The molecule has 0 spiro atoms.